The van der Waals surface area contributed by atoms with Gasteiger partial charge in [0.15, 0.2) is 0 Å². The molecule has 30 heavy (non-hydrogen) atoms. The molecule has 2 heterocycles. The maximum Gasteiger partial charge on any atom is 0.405 e. The van der Waals surface area contributed by atoms with Gasteiger partial charge in [-0.3, -0.25) is 4.79 Å². The van der Waals surface area contributed by atoms with Gasteiger partial charge < -0.3 is 15.4 Å². The molecule has 5 nitrogen and oxygen atoms in total. The quantitative estimate of drug-likeness (QED) is 0.528. The Hall–Kier alpha value is -1.62. The number of nitrogens with one attached hydrogen (secondary N) is 2. The molecule has 2 aromatic rings. The van der Waals surface area contributed by atoms with Gasteiger partial charge in [0.2, 0.25) is 0 Å². The summed E-state index contributed by atoms with van der Waals surface area (Å²) in [7, 11) is 0. The van der Waals surface area contributed by atoms with Crippen LogP contribution >= 0.6 is 22.6 Å². The van der Waals surface area contributed by atoms with E-state index < -0.39 is 12.7 Å². The number of hydrogen-bond acceptors (Lipinski definition) is 4. The molecule has 1 atom stereocenters. The number of anilines is 1. The Morgan fingerprint density at radius 1 is 1.27 bits per heavy atom. The van der Waals surface area contributed by atoms with Gasteiger partial charge in [0.1, 0.15) is 12.2 Å². The molecule has 1 aromatic heterocycles. The molecule has 1 unspecified atom stereocenters. The number of ether oxygens (including phenoxy) is 1. The molecule has 3 rings (SSSR count). The molecular formula is C21H25F3IN3O2. The van der Waals surface area contributed by atoms with Crippen LogP contribution in [0.5, 0.6) is 0 Å². The standard InChI is InChI=1S/C21H25F3IN3O2/c1-20(2,3)15-8-12(27-11-21(22,23)24)7-14-16(25)9-17(28-18(14)15)19(29)26-10-13-5-4-6-30-13/h7-9,13,27H,4-6,10-11H2,1-3H3,(H,26,29). The van der Waals surface area contributed by atoms with Crippen LogP contribution in [0.25, 0.3) is 10.9 Å². The van der Waals surface area contributed by atoms with Gasteiger partial charge in [0.25, 0.3) is 5.91 Å². The third-order valence-electron chi connectivity index (χ3n) is 4.91. The van der Waals surface area contributed by atoms with E-state index in [2.05, 4.69) is 38.2 Å². The smallest absolute Gasteiger partial charge is 0.376 e. The van der Waals surface area contributed by atoms with E-state index in [9.17, 15) is 18.0 Å². The van der Waals surface area contributed by atoms with E-state index in [0.29, 0.717) is 29.7 Å². The largest absolute Gasteiger partial charge is 0.405 e. The van der Waals surface area contributed by atoms with Gasteiger partial charge >= 0.3 is 6.18 Å². The number of nitrogens with zero attached hydrogens (tertiary/aromatic N) is 1. The number of aromatic nitrogens is 1. The second kappa shape index (κ2) is 8.86. The highest BCUT2D eigenvalue weighted by Crippen LogP contribution is 2.34. The van der Waals surface area contributed by atoms with Crippen molar-refractivity contribution in [1.82, 2.24) is 10.3 Å². The summed E-state index contributed by atoms with van der Waals surface area (Å²) in [6, 6.07) is 5.00. The molecule has 0 aliphatic carbocycles. The first-order chi connectivity index (χ1) is 13.9. The van der Waals surface area contributed by atoms with E-state index in [1.165, 1.54) is 0 Å². The highest BCUT2D eigenvalue weighted by atomic mass is 127. The van der Waals surface area contributed by atoms with E-state index in [0.717, 1.165) is 22.0 Å². The summed E-state index contributed by atoms with van der Waals surface area (Å²) >= 11 is 2.10. The number of benzene rings is 1. The Balaban J connectivity index is 1.96. The maximum atomic E-state index is 12.7. The second-order valence-corrected chi connectivity index (χ2v) is 9.64. The first-order valence-corrected chi connectivity index (χ1v) is 10.9. The lowest BCUT2D eigenvalue weighted by Crippen LogP contribution is -2.32. The highest BCUT2D eigenvalue weighted by Gasteiger charge is 2.28. The first-order valence-electron chi connectivity index (χ1n) is 9.79. The average molecular weight is 535 g/mol. The predicted octanol–water partition coefficient (Wildman–Crippen LogP) is 5.02. The van der Waals surface area contributed by atoms with Gasteiger partial charge in [-0.1, -0.05) is 20.8 Å². The first kappa shape index (κ1) is 23.1. The van der Waals surface area contributed by atoms with E-state index in [1.54, 1.807) is 18.2 Å². The Labute approximate surface area is 187 Å². The SMILES string of the molecule is CC(C)(C)c1cc(NCC(F)(F)F)cc2c(I)cc(C(=O)NCC3CCCO3)nc12. The maximum absolute atomic E-state index is 12.7. The minimum absolute atomic E-state index is 0.0286. The van der Waals surface area contributed by atoms with Crippen LogP contribution < -0.4 is 10.6 Å². The van der Waals surface area contributed by atoms with E-state index in [4.69, 9.17) is 4.74 Å². The van der Waals surface area contributed by atoms with Gasteiger partial charge in [0, 0.05) is 27.8 Å². The fourth-order valence-electron chi connectivity index (χ4n) is 3.38. The number of rotatable bonds is 5. The van der Waals surface area contributed by atoms with Crippen LogP contribution in [0.4, 0.5) is 18.9 Å². The molecule has 1 fully saturated rings. The van der Waals surface area contributed by atoms with Crippen molar-refractivity contribution >= 4 is 45.1 Å². The number of fused-ring (bicyclic) bond motifs is 1. The van der Waals surface area contributed by atoms with Gasteiger partial charge in [-0.25, -0.2) is 4.98 Å². The van der Waals surface area contributed by atoms with Gasteiger partial charge in [0.05, 0.1) is 11.6 Å². The van der Waals surface area contributed by atoms with Crippen LogP contribution in [-0.2, 0) is 10.2 Å². The summed E-state index contributed by atoms with van der Waals surface area (Å²) in [4.78, 5) is 17.3. The highest BCUT2D eigenvalue weighted by molar-refractivity contribution is 14.1. The van der Waals surface area contributed by atoms with Crippen molar-refractivity contribution in [2.45, 2.75) is 51.3 Å². The van der Waals surface area contributed by atoms with Gasteiger partial charge in [-0.2, -0.15) is 13.2 Å². The zero-order valence-corrected chi connectivity index (χ0v) is 19.3. The van der Waals surface area contributed by atoms with Crippen molar-refractivity contribution < 1.29 is 22.7 Å². The lowest BCUT2D eigenvalue weighted by Gasteiger charge is -2.23. The van der Waals surface area contributed by atoms with Crippen molar-refractivity contribution in [2.75, 3.05) is 25.0 Å². The molecule has 0 bridgehead atoms. The minimum Gasteiger partial charge on any atom is -0.376 e. The molecule has 2 N–H and O–H groups in total. The minimum atomic E-state index is -4.31. The average Bonchev–Trinajstić information content (AvgIpc) is 3.16. The molecule has 0 spiro atoms. The summed E-state index contributed by atoms with van der Waals surface area (Å²) in [6.45, 7) is 5.93. The number of carbonyl (C=O) groups excluding carboxylic acids is 1. The summed E-state index contributed by atoms with van der Waals surface area (Å²) in [5.41, 5.74) is 1.67. The lowest BCUT2D eigenvalue weighted by atomic mass is 9.85. The van der Waals surface area contributed by atoms with Crippen molar-refractivity contribution in [1.29, 1.82) is 0 Å². The molecule has 1 amide bonds. The summed E-state index contributed by atoms with van der Waals surface area (Å²) < 4.78 is 44.3. The molecule has 1 aliphatic heterocycles. The Morgan fingerprint density at radius 2 is 2.00 bits per heavy atom. The van der Waals surface area contributed by atoms with Crippen LogP contribution in [-0.4, -0.2) is 42.9 Å². The number of hydrogen-bond donors (Lipinski definition) is 2. The molecule has 1 saturated heterocycles. The zero-order valence-electron chi connectivity index (χ0n) is 17.1. The molecule has 1 aromatic carbocycles. The third-order valence-corrected chi connectivity index (χ3v) is 5.80. The summed E-state index contributed by atoms with van der Waals surface area (Å²) in [6.07, 6.45) is -2.37. The van der Waals surface area contributed by atoms with E-state index >= 15 is 0 Å². The lowest BCUT2D eigenvalue weighted by molar-refractivity contribution is -0.115. The molecule has 0 radical (unpaired) electrons. The zero-order chi connectivity index (χ0) is 22.1. The summed E-state index contributed by atoms with van der Waals surface area (Å²) in [5.74, 6) is -0.288. The Bertz CT molecular complexity index is 936. The summed E-state index contributed by atoms with van der Waals surface area (Å²) in [5, 5.41) is 6.04. The van der Waals surface area contributed by atoms with Crippen molar-refractivity contribution in [2.24, 2.45) is 0 Å². The van der Waals surface area contributed by atoms with Crippen LogP contribution in [0.3, 0.4) is 0 Å². The fraction of sp³-hybridized carbons (Fsp3) is 0.524. The molecule has 0 saturated carbocycles. The number of carbonyl (C=O) groups is 1. The van der Waals surface area contributed by atoms with Crippen molar-refractivity contribution in [3.8, 4) is 0 Å². The number of halogens is 4. The van der Waals surface area contributed by atoms with Crippen LogP contribution in [0.1, 0.15) is 49.7 Å². The molecular weight excluding hydrogens is 510 g/mol. The van der Waals surface area contributed by atoms with Crippen molar-refractivity contribution in [3.05, 3.63) is 33.0 Å². The van der Waals surface area contributed by atoms with Crippen molar-refractivity contribution in [3.63, 3.8) is 0 Å². The third kappa shape index (κ3) is 5.75. The van der Waals surface area contributed by atoms with Crippen LogP contribution in [0.15, 0.2) is 18.2 Å². The Kier molecular flexibility index (Phi) is 6.81. The second-order valence-electron chi connectivity index (χ2n) is 8.47. The topological polar surface area (TPSA) is 63.2 Å². The van der Waals surface area contributed by atoms with Gasteiger partial charge in [-0.15, -0.1) is 0 Å². The number of alkyl halides is 3. The molecule has 164 valence electrons. The van der Waals surface area contributed by atoms with Crippen LogP contribution in [0.2, 0.25) is 0 Å². The number of pyridine rings is 1. The Morgan fingerprint density at radius 3 is 2.60 bits per heavy atom. The fourth-order valence-corrected chi connectivity index (χ4v) is 4.09. The predicted molar refractivity (Wildman–Crippen MR) is 119 cm³/mol. The van der Waals surface area contributed by atoms with Crippen LogP contribution in [0, 0.1) is 3.57 Å². The van der Waals surface area contributed by atoms with E-state index in [1.807, 2.05) is 20.8 Å². The van der Waals surface area contributed by atoms with Gasteiger partial charge in [-0.05, 0) is 64.6 Å². The monoisotopic (exact) mass is 535 g/mol. The molecule has 1 aliphatic rings. The number of amides is 1. The normalized spacial score (nSPS) is 17.4. The molecule has 9 heteroatoms. The van der Waals surface area contributed by atoms with E-state index in [-0.39, 0.29) is 23.1 Å².